The highest BCUT2D eigenvalue weighted by Crippen LogP contribution is 2.56. The van der Waals surface area contributed by atoms with Crippen molar-refractivity contribution >= 4 is 15.9 Å². The summed E-state index contributed by atoms with van der Waals surface area (Å²) in [6, 6.07) is 6.73. The van der Waals surface area contributed by atoms with E-state index in [1.807, 2.05) is 0 Å². The molecule has 0 aromatic heterocycles. The smallest absolute Gasteiger partial charge is 0.0178 e. The van der Waals surface area contributed by atoms with Gasteiger partial charge in [-0.2, -0.15) is 0 Å². The van der Waals surface area contributed by atoms with Crippen LogP contribution in [-0.4, -0.2) is 0 Å². The van der Waals surface area contributed by atoms with Gasteiger partial charge in [0.15, 0.2) is 0 Å². The molecule has 2 aliphatic rings. The number of halogens is 1. The highest BCUT2D eigenvalue weighted by atomic mass is 79.9. The Balaban J connectivity index is 2.18. The average Bonchev–Trinajstić information content (AvgIpc) is 2.63. The van der Waals surface area contributed by atoms with Gasteiger partial charge in [-0.3, -0.25) is 0 Å². The first-order valence-electron chi connectivity index (χ1n) is 4.13. The molecule has 0 bridgehead atoms. The van der Waals surface area contributed by atoms with Crippen LogP contribution in [0.25, 0.3) is 0 Å². The van der Waals surface area contributed by atoms with Gasteiger partial charge < -0.3 is 0 Å². The quantitative estimate of drug-likeness (QED) is 0.615. The van der Waals surface area contributed by atoms with E-state index in [4.69, 9.17) is 0 Å². The summed E-state index contributed by atoms with van der Waals surface area (Å²) in [5.74, 6) is 1.96. The van der Waals surface area contributed by atoms with E-state index < -0.39 is 0 Å². The number of rotatable bonds is 0. The van der Waals surface area contributed by atoms with Crippen LogP contribution < -0.4 is 0 Å². The minimum atomic E-state index is 0.943. The third kappa shape index (κ3) is 0.807. The van der Waals surface area contributed by atoms with Crippen molar-refractivity contribution in [1.29, 1.82) is 0 Å². The van der Waals surface area contributed by atoms with E-state index in [1.165, 1.54) is 17.3 Å². The molecular formula is C10H9Br. The molecular weight excluding hydrogens is 200 g/mol. The summed E-state index contributed by atoms with van der Waals surface area (Å²) in [6.07, 6.45) is 2.79. The van der Waals surface area contributed by atoms with Gasteiger partial charge in [-0.1, -0.05) is 22.0 Å². The van der Waals surface area contributed by atoms with E-state index in [0.717, 1.165) is 11.8 Å². The zero-order valence-electron chi connectivity index (χ0n) is 6.18. The van der Waals surface area contributed by atoms with Crippen molar-refractivity contribution in [3.8, 4) is 0 Å². The summed E-state index contributed by atoms with van der Waals surface area (Å²) < 4.78 is 1.23. The lowest BCUT2D eigenvalue weighted by Crippen LogP contribution is -1.84. The van der Waals surface area contributed by atoms with Crippen molar-refractivity contribution < 1.29 is 0 Å². The van der Waals surface area contributed by atoms with Crippen LogP contribution in [0.4, 0.5) is 0 Å². The van der Waals surface area contributed by atoms with Gasteiger partial charge in [-0.15, -0.1) is 0 Å². The Labute approximate surface area is 74.7 Å². The number of hydrogen-bond donors (Lipinski definition) is 0. The van der Waals surface area contributed by atoms with Gasteiger partial charge in [0.25, 0.3) is 0 Å². The Morgan fingerprint density at radius 1 is 1.36 bits per heavy atom. The summed E-state index contributed by atoms with van der Waals surface area (Å²) in [5.41, 5.74) is 3.21. The number of fused-ring (bicyclic) bond motifs is 3. The maximum Gasteiger partial charge on any atom is 0.0178 e. The second-order valence-corrected chi connectivity index (χ2v) is 4.57. The molecule has 0 saturated heterocycles. The molecule has 0 spiro atoms. The van der Waals surface area contributed by atoms with Gasteiger partial charge in [0.05, 0.1) is 0 Å². The highest BCUT2D eigenvalue weighted by molar-refractivity contribution is 9.10. The van der Waals surface area contributed by atoms with E-state index in [0.29, 0.717) is 0 Å². The molecule has 1 aromatic rings. The Morgan fingerprint density at radius 3 is 3.18 bits per heavy atom. The average molecular weight is 209 g/mol. The summed E-state index contributed by atoms with van der Waals surface area (Å²) >= 11 is 3.50. The Hall–Kier alpha value is -0.300. The normalized spacial score (nSPS) is 31.4. The monoisotopic (exact) mass is 208 g/mol. The molecule has 0 amide bonds. The molecule has 0 heterocycles. The van der Waals surface area contributed by atoms with Gasteiger partial charge in [0.2, 0.25) is 0 Å². The first-order valence-corrected chi connectivity index (χ1v) is 4.92. The molecule has 1 aromatic carbocycles. The van der Waals surface area contributed by atoms with Gasteiger partial charge in [-0.05, 0) is 47.9 Å². The predicted molar refractivity (Wildman–Crippen MR) is 48.7 cm³/mol. The molecule has 1 saturated carbocycles. The first kappa shape index (κ1) is 6.24. The zero-order chi connectivity index (χ0) is 7.42. The molecule has 2 aliphatic carbocycles. The lowest BCUT2D eigenvalue weighted by Gasteiger charge is -2.01. The van der Waals surface area contributed by atoms with Crippen LogP contribution in [0.2, 0.25) is 0 Å². The van der Waals surface area contributed by atoms with Crippen LogP contribution in [-0.2, 0) is 6.42 Å². The standard InChI is InChI=1S/C10H9Br/c11-8-1-2-9-6(4-8)3-7-5-10(7)9/h1-2,4,7,10H,3,5H2/t7-,10+/m1/s1. The summed E-state index contributed by atoms with van der Waals surface area (Å²) in [6.45, 7) is 0. The zero-order valence-corrected chi connectivity index (χ0v) is 7.76. The summed E-state index contributed by atoms with van der Waals surface area (Å²) in [5, 5.41) is 0. The molecule has 2 atom stereocenters. The van der Waals surface area contributed by atoms with E-state index in [2.05, 4.69) is 34.1 Å². The van der Waals surface area contributed by atoms with E-state index in [1.54, 1.807) is 11.1 Å². The van der Waals surface area contributed by atoms with Crippen LogP contribution >= 0.6 is 15.9 Å². The minimum Gasteiger partial charge on any atom is -0.0574 e. The second kappa shape index (κ2) is 1.89. The third-order valence-electron chi connectivity index (χ3n) is 2.91. The van der Waals surface area contributed by atoms with Crippen LogP contribution in [0.15, 0.2) is 22.7 Å². The maximum atomic E-state index is 3.50. The molecule has 0 nitrogen and oxygen atoms in total. The van der Waals surface area contributed by atoms with Gasteiger partial charge in [0, 0.05) is 4.47 Å². The van der Waals surface area contributed by atoms with Gasteiger partial charge >= 0.3 is 0 Å². The minimum absolute atomic E-state index is 0.943. The Morgan fingerprint density at radius 2 is 2.27 bits per heavy atom. The highest BCUT2D eigenvalue weighted by Gasteiger charge is 2.44. The summed E-state index contributed by atoms with van der Waals surface area (Å²) in [4.78, 5) is 0. The van der Waals surface area contributed by atoms with Crippen molar-refractivity contribution in [3.05, 3.63) is 33.8 Å². The lowest BCUT2D eigenvalue weighted by molar-refractivity contribution is 0.856. The van der Waals surface area contributed by atoms with E-state index in [-0.39, 0.29) is 0 Å². The number of hydrogen-bond acceptors (Lipinski definition) is 0. The molecule has 0 N–H and O–H groups in total. The van der Waals surface area contributed by atoms with Crippen LogP contribution in [0.1, 0.15) is 23.5 Å². The molecule has 11 heavy (non-hydrogen) atoms. The topological polar surface area (TPSA) is 0 Å². The SMILES string of the molecule is Brc1ccc2c(c1)C[C@@H]1C[C@H]21. The molecule has 56 valence electrons. The number of benzene rings is 1. The van der Waals surface area contributed by atoms with Crippen LogP contribution in [0.3, 0.4) is 0 Å². The van der Waals surface area contributed by atoms with E-state index >= 15 is 0 Å². The largest absolute Gasteiger partial charge is 0.0574 e. The van der Waals surface area contributed by atoms with Crippen molar-refractivity contribution in [2.45, 2.75) is 18.8 Å². The predicted octanol–water partition coefficient (Wildman–Crippen LogP) is 3.11. The molecule has 1 fully saturated rings. The second-order valence-electron chi connectivity index (χ2n) is 3.65. The molecule has 3 rings (SSSR count). The van der Waals surface area contributed by atoms with Crippen molar-refractivity contribution in [3.63, 3.8) is 0 Å². The first-order chi connectivity index (χ1) is 5.34. The van der Waals surface area contributed by atoms with Gasteiger partial charge in [-0.25, -0.2) is 0 Å². The Kier molecular flexibility index (Phi) is 1.07. The van der Waals surface area contributed by atoms with Crippen molar-refractivity contribution in [2.24, 2.45) is 5.92 Å². The third-order valence-corrected chi connectivity index (χ3v) is 3.40. The fourth-order valence-corrected chi connectivity index (χ4v) is 2.66. The fraction of sp³-hybridized carbons (Fsp3) is 0.400. The summed E-state index contributed by atoms with van der Waals surface area (Å²) in [7, 11) is 0. The molecule has 1 heteroatoms. The maximum absolute atomic E-state index is 3.50. The molecule has 0 unspecified atom stereocenters. The fourth-order valence-electron chi connectivity index (χ4n) is 2.25. The molecule has 0 aliphatic heterocycles. The van der Waals surface area contributed by atoms with Crippen LogP contribution in [0.5, 0.6) is 0 Å². The van der Waals surface area contributed by atoms with E-state index in [9.17, 15) is 0 Å². The van der Waals surface area contributed by atoms with Crippen molar-refractivity contribution in [1.82, 2.24) is 0 Å². The molecule has 0 radical (unpaired) electrons. The van der Waals surface area contributed by atoms with Gasteiger partial charge in [0.1, 0.15) is 0 Å². The Bertz CT molecular complexity index is 317. The van der Waals surface area contributed by atoms with Crippen molar-refractivity contribution in [2.75, 3.05) is 0 Å². The van der Waals surface area contributed by atoms with Crippen LogP contribution in [0, 0.1) is 5.92 Å². The lowest BCUT2D eigenvalue weighted by atomic mass is 10.1.